The van der Waals surface area contributed by atoms with Crippen LogP contribution in [0.2, 0.25) is 0 Å². The number of piperidine rings is 1. The minimum Gasteiger partial charge on any atom is -0.443 e. The second-order valence-electron chi connectivity index (χ2n) is 7.71. The molecule has 0 radical (unpaired) electrons. The molecule has 2 bridgehead atoms. The molecule has 6 amide bonds. The van der Waals surface area contributed by atoms with E-state index >= 15 is 0 Å². The van der Waals surface area contributed by atoms with Crippen molar-refractivity contribution in [2.24, 2.45) is 0 Å². The molecule has 31 heavy (non-hydrogen) atoms. The number of hydrogen-bond donors (Lipinski definition) is 4. The highest BCUT2D eigenvalue weighted by Gasteiger charge is 2.49. The van der Waals surface area contributed by atoms with Gasteiger partial charge in [0.2, 0.25) is 0 Å². The lowest BCUT2D eigenvalue weighted by Crippen LogP contribution is -2.50. The molecule has 0 saturated carbocycles. The van der Waals surface area contributed by atoms with Crippen molar-refractivity contribution in [3.63, 3.8) is 0 Å². The van der Waals surface area contributed by atoms with Crippen molar-refractivity contribution in [3.05, 3.63) is 0 Å². The topological polar surface area (TPSA) is 193 Å². The molecule has 2 atom stereocenters. The van der Waals surface area contributed by atoms with E-state index in [0.717, 1.165) is 4.90 Å². The number of imide groups is 1. The quantitative estimate of drug-likeness (QED) is 0.211. The van der Waals surface area contributed by atoms with Crippen LogP contribution in [0.4, 0.5) is 14.4 Å². The Morgan fingerprint density at radius 1 is 1.23 bits per heavy atom. The molecule has 2 fully saturated rings. The fraction of sp³-hybridized carbons (Fsp3) is 0.733. The molecule has 2 heterocycles. The van der Waals surface area contributed by atoms with Gasteiger partial charge >= 0.3 is 28.6 Å². The number of carbonyl (C=O) groups is 4. The van der Waals surface area contributed by atoms with E-state index in [9.17, 15) is 27.6 Å². The molecule has 16 heteroatoms. The van der Waals surface area contributed by atoms with Crippen LogP contribution in [-0.2, 0) is 29.1 Å². The molecule has 176 valence electrons. The number of hydroxylamine groups is 3. The molecule has 0 spiro atoms. The van der Waals surface area contributed by atoms with Crippen LogP contribution in [0.5, 0.6) is 0 Å². The van der Waals surface area contributed by atoms with Crippen LogP contribution in [0.1, 0.15) is 33.6 Å². The van der Waals surface area contributed by atoms with E-state index in [1.165, 1.54) is 0 Å². The molecule has 4 N–H and O–H groups in total. The maximum Gasteiger partial charge on any atom is 0.418 e. The average Bonchev–Trinajstić information content (AvgIpc) is 2.83. The van der Waals surface area contributed by atoms with Gasteiger partial charge in [-0.05, 0) is 33.6 Å². The largest absolute Gasteiger partial charge is 0.443 e. The monoisotopic (exact) mass is 467 g/mol. The summed E-state index contributed by atoms with van der Waals surface area (Å²) in [6, 6.07) is -3.24. The van der Waals surface area contributed by atoms with Gasteiger partial charge in [-0.1, -0.05) is 0 Å². The Hall–Kier alpha value is -2.69. The normalized spacial score (nSPS) is 21.0. The summed E-state index contributed by atoms with van der Waals surface area (Å²) in [5.74, 6) is -0.654. The summed E-state index contributed by atoms with van der Waals surface area (Å²) < 4.78 is 39.7. The van der Waals surface area contributed by atoms with Gasteiger partial charge < -0.3 is 15.0 Å². The van der Waals surface area contributed by atoms with Crippen LogP contribution >= 0.6 is 0 Å². The van der Waals surface area contributed by atoms with Crippen LogP contribution < -0.4 is 16.1 Å². The fourth-order valence-corrected chi connectivity index (χ4v) is 3.34. The summed E-state index contributed by atoms with van der Waals surface area (Å²) in [5.41, 5.74) is 1.38. The first-order chi connectivity index (χ1) is 14.3. The van der Waals surface area contributed by atoms with Gasteiger partial charge in [-0.25, -0.2) is 25.2 Å². The maximum absolute atomic E-state index is 12.3. The number of hydrogen-bond acceptors (Lipinski definition) is 9. The number of ether oxygens (including phenoxy) is 1. The van der Waals surface area contributed by atoms with Gasteiger partial charge in [-0.2, -0.15) is 13.5 Å². The number of rotatable bonds is 7. The third kappa shape index (κ3) is 7.50. The summed E-state index contributed by atoms with van der Waals surface area (Å²) in [6.07, 6.45) is -0.437. The minimum atomic E-state index is -4.88. The zero-order valence-electron chi connectivity index (χ0n) is 17.1. The molecule has 1 unspecified atom stereocenters. The Morgan fingerprint density at radius 3 is 2.52 bits per heavy atom. The van der Waals surface area contributed by atoms with Crippen molar-refractivity contribution < 1.29 is 46.0 Å². The summed E-state index contributed by atoms with van der Waals surface area (Å²) in [5, 5.41) is 4.80. The van der Waals surface area contributed by atoms with Gasteiger partial charge in [0.05, 0.1) is 12.6 Å². The number of fused-ring (bicyclic) bond motifs is 2. The number of amides is 6. The van der Waals surface area contributed by atoms with Gasteiger partial charge in [-0.15, -0.1) is 4.28 Å². The number of nitrogens with zero attached hydrogens (tertiary/aromatic N) is 2. The molecular formula is C15H25N5O10S. The van der Waals surface area contributed by atoms with Crippen LogP contribution in [-0.4, -0.2) is 84.4 Å². The third-order valence-electron chi connectivity index (χ3n) is 4.08. The van der Waals surface area contributed by atoms with Crippen molar-refractivity contribution in [2.45, 2.75) is 51.3 Å². The molecule has 0 aromatic heterocycles. The van der Waals surface area contributed by atoms with E-state index in [0.29, 0.717) is 5.06 Å². The zero-order chi connectivity index (χ0) is 23.4. The summed E-state index contributed by atoms with van der Waals surface area (Å²) >= 11 is 0. The first-order valence-electron chi connectivity index (χ1n) is 9.23. The number of urea groups is 2. The van der Waals surface area contributed by atoms with E-state index in [1.54, 1.807) is 20.8 Å². The third-order valence-corrected chi connectivity index (χ3v) is 4.43. The number of carbonyl (C=O) groups excluding carboxylic acids is 4. The van der Waals surface area contributed by atoms with Crippen molar-refractivity contribution >= 4 is 34.5 Å². The van der Waals surface area contributed by atoms with Gasteiger partial charge in [-0.3, -0.25) is 14.2 Å². The Labute approximate surface area is 178 Å². The van der Waals surface area contributed by atoms with Gasteiger partial charge in [0, 0.05) is 13.1 Å². The maximum atomic E-state index is 12.3. The lowest BCUT2D eigenvalue weighted by atomic mass is 10.0. The van der Waals surface area contributed by atoms with Gasteiger partial charge in [0.15, 0.2) is 0 Å². The second-order valence-corrected chi connectivity index (χ2v) is 8.71. The smallest absolute Gasteiger partial charge is 0.418 e. The van der Waals surface area contributed by atoms with Crippen LogP contribution in [0.3, 0.4) is 0 Å². The predicted octanol–water partition coefficient (Wildman–Crippen LogP) is -0.728. The fourth-order valence-electron chi connectivity index (χ4n) is 2.95. The first-order valence-corrected chi connectivity index (χ1v) is 10.6. The van der Waals surface area contributed by atoms with E-state index in [-0.39, 0.29) is 32.5 Å². The molecule has 2 saturated heterocycles. The highest BCUT2D eigenvalue weighted by molar-refractivity contribution is 7.80. The van der Waals surface area contributed by atoms with Crippen molar-refractivity contribution in [2.75, 3.05) is 19.7 Å². The Kier molecular flexibility index (Phi) is 7.63. The Bertz CT molecular complexity index is 827. The molecule has 2 aliphatic rings. The van der Waals surface area contributed by atoms with E-state index < -0.39 is 52.1 Å². The lowest BCUT2D eigenvalue weighted by molar-refractivity contribution is -0.138. The predicted molar refractivity (Wildman–Crippen MR) is 100 cm³/mol. The summed E-state index contributed by atoms with van der Waals surface area (Å²) in [4.78, 5) is 53.6. The highest BCUT2D eigenvalue weighted by atomic mass is 32.3. The van der Waals surface area contributed by atoms with Gasteiger partial charge in [0.25, 0.3) is 5.91 Å². The van der Waals surface area contributed by atoms with E-state index in [2.05, 4.69) is 15.1 Å². The Morgan fingerprint density at radius 2 is 1.90 bits per heavy atom. The number of alkyl carbamates (subject to hydrolysis) is 1. The van der Waals surface area contributed by atoms with Crippen molar-refractivity contribution in [1.29, 1.82) is 0 Å². The Balaban J connectivity index is 1.70. The second kappa shape index (κ2) is 9.63. The van der Waals surface area contributed by atoms with E-state index in [1.807, 2.05) is 5.32 Å². The highest BCUT2D eigenvalue weighted by Crippen LogP contribution is 2.30. The molecular weight excluding hydrogens is 442 g/mol. The molecule has 0 aromatic carbocycles. The zero-order valence-corrected chi connectivity index (χ0v) is 17.9. The standard InChI is InChI=1S/C15H25N5O10S/c1-15(2,3)29-13(23)17-12(22)16-6-7-28-18-11(21)10-5-4-9-8-19(10)14(24)20(9)30-31(25,26)27/h9-10H,4-8H2,1-3H3,(H,18,21)(H,25,26,27)(H2,16,17,22,23)/t9?,10-/m0/s1. The number of nitrogens with one attached hydrogen (secondary N) is 3. The minimum absolute atomic E-state index is 0.0405. The molecule has 2 aliphatic heterocycles. The first kappa shape index (κ1) is 24.6. The SMILES string of the molecule is CC(C)(C)OC(=O)NC(=O)NCCONC(=O)[C@@H]1CCC2CN1C(=O)N2OS(=O)(=O)O. The van der Waals surface area contributed by atoms with Gasteiger partial charge in [0.1, 0.15) is 11.6 Å². The molecule has 0 aliphatic carbocycles. The van der Waals surface area contributed by atoms with Crippen molar-refractivity contribution in [1.82, 2.24) is 26.1 Å². The molecule has 15 nitrogen and oxygen atoms in total. The van der Waals surface area contributed by atoms with Crippen LogP contribution in [0, 0.1) is 0 Å². The van der Waals surface area contributed by atoms with E-state index in [4.69, 9.17) is 14.1 Å². The lowest BCUT2D eigenvalue weighted by Gasteiger charge is -2.28. The average molecular weight is 467 g/mol. The molecule has 2 rings (SSSR count). The molecule has 0 aromatic rings. The summed E-state index contributed by atoms with van der Waals surface area (Å²) in [7, 11) is -4.88. The summed E-state index contributed by atoms with van der Waals surface area (Å²) in [6.45, 7) is 4.76. The van der Waals surface area contributed by atoms with Crippen LogP contribution in [0.25, 0.3) is 0 Å². The van der Waals surface area contributed by atoms with Crippen molar-refractivity contribution in [3.8, 4) is 0 Å². The van der Waals surface area contributed by atoms with Crippen LogP contribution in [0.15, 0.2) is 0 Å².